The van der Waals surface area contributed by atoms with E-state index in [0.29, 0.717) is 0 Å². The predicted octanol–water partition coefficient (Wildman–Crippen LogP) is 3.33. The van der Waals surface area contributed by atoms with E-state index in [0.717, 1.165) is 5.01 Å². The first-order valence-corrected chi connectivity index (χ1v) is 11.8. The molecule has 2 aromatic carbocycles. The van der Waals surface area contributed by atoms with E-state index in [-0.39, 0.29) is 58.1 Å². The smallest absolute Gasteiger partial charge is 0.291 e. The zero-order valence-electron chi connectivity index (χ0n) is 21.4. The van der Waals surface area contributed by atoms with Crippen LogP contribution in [0.4, 0.5) is 14.5 Å². The van der Waals surface area contributed by atoms with E-state index >= 15 is 0 Å². The first kappa shape index (κ1) is 28.5. The molecule has 0 aliphatic rings. The number of methoxy groups -OCH3 is 1. The number of imidazole rings is 1. The summed E-state index contributed by atoms with van der Waals surface area (Å²) in [6, 6.07) is 6.87. The third-order valence-corrected chi connectivity index (χ3v) is 5.78. The number of hydrogen-bond acceptors (Lipinski definition) is 6. The summed E-state index contributed by atoms with van der Waals surface area (Å²) in [5, 5.41) is 3.80. The molecule has 13 heteroatoms. The lowest BCUT2D eigenvalue weighted by molar-refractivity contribution is -0.125. The fourth-order valence-electron chi connectivity index (χ4n) is 3.60. The number of carbonyl (C=O) groups is 3. The number of ether oxygens (including phenoxy) is 1. The Bertz CT molecular complexity index is 1380. The Morgan fingerprint density at radius 1 is 1.13 bits per heavy atom. The predicted molar refractivity (Wildman–Crippen MR) is 138 cm³/mol. The van der Waals surface area contributed by atoms with Crippen molar-refractivity contribution in [1.29, 1.82) is 0 Å². The van der Waals surface area contributed by atoms with Crippen LogP contribution in [0.1, 0.15) is 27.9 Å². The third-order valence-electron chi connectivity index (χ3n) is 5.47. The first-order valence-electron chi connectivity index (χ1n) is 11.4. The van der Waals surface area contributed by atoms with Crippen LogP contribution in [0.25, 0.3) is 11.3 Å². The van der Waals surface area contributed by atoms with Crippen molar-refractivity contribution in [1.82, 2.24) is 24.9 Å². The molecule has 3 amide bonds. The average Bonchev–Trinajstić information content (AvgIpc) is 3.24. The monoisotopic (exact) mass is 548 g/mol. The number of nitrogens with one attached hydrogen (secondary N) is 2. The first-order chi connectivity index (χ1) is 18.0. The van der Waals surface area contributed by atoms with Crippen molar-refractivity contribution in [3.8, 4) is 17.0 Å². The number of likely N-dealkylation sites (N-methyl/N-ethyl adjacent to an activating group) is 1. The molecule has 0 atom stereocenters. The summed E-state index contributed by atoms with van der Waals surface area (Å²) in [6.07, 6.45) is 1.25. The van der Waals surface area contributed by atoms with Crippen LogP contribution in [-0.4, -0.2) is 71.5 Å². The molecule has 0 spiro atoms. The SMILES string of the molecule is CCN(NC(=O)CN(C)C)C(=O)c1ccc(NC(=O)c2ncc(-c3ccc(OC)c(F)c3F)n2C)cc1Cl. The second-order valence-electron chi connectivity index (χ2n) is 8.44. The van der Waals surface area contributed by atoms with Gasteiger partial charge in [-0.05, 0) is 51.4 Å². The van der Waals surface area contributed by atoms with E-state index in [9.17, 15) is 23.2 Å². The van der Waals surface area contributed by atoms with Crippen molar-refractivity contribution in [2.45, 2.75) is 6.92 Å². The molecule has 202 valence electrons. The van der Waals surface area contributed by atoms with Gasteiger partial charge in [0.1, 0.15) is 0 Å². The van der Waals surface area contributed by atoms with E-state index in [4.69, 9.17) is 16.3 Å². The van der Waals surface area contributed by atoms with E-state index in [1.54, 1.807) is 25.9 Å². The van der Waals surface area contributed by atoms with Crippen molar-refractivity contribution < 1.29 is 27.9 Å². The van der Waals surface area contributed by atoms with Gasteiger partial charge in [-0.3, -0.25) is 24.8 Å². The minimum Gasteiger partial charge on any atom is -0.494 e. The molecule has 3 aromatic rings. The molecule has 0 saturated carbocycles. The van der Waals surface area contributed by atoms with Gasteiger partial charge in [-0.15, -0.1) is 0 Å². The van der Waals surface area contributed by atoms with Crippen LogP contribution in [0.15, 0.2) is 36.5 Å². The van der Waals surface area contributed by atoms with Gasteiger partial charge in [0.05, 0.1) is 36.1 Å². The van der Waals surface area contributed by atoms with Crippen LogP contribution in [0.3, 0.4) is 0 Å². The zero-order valence-corrected chi connectivity index (χ0v) is 22.2. The molecule has 1 aromatic heterocycles. The molecule has 0 unspecified atom stereocenters. The van der Waals surface area contributed by atoms with Crippen molar-refractivity contribution in [3.05, 3.63) is 64.6 Å². The molecule has 0 aliphatic carbocycles. The molecular formula is C25H27ClF2N6O4. The topological polar surface area (TPSA) is 109 Å². The van der Waals surface area contributed by atoms with Gasteiger partial charge in [0, 0.05) is 24.8 Å². The van der Waals surface area contributed by atoms with Gasteiger partial charge >= 0.3 is 0 Å². The molecule has 10 nitrogen and oxygen atoms in total. The molecule has 2 N–H and O–H groups in total. The van der Waals surface area contributed by atoms with Crippen molar-refractivity contribution in [2.75, 3.05) is 39.6 Å². The molecular weight excluding hydrogens is 522 g/mol. The molecule has 0 saturated heterocycles. The van der Waals surface area contributed by atoms with Crippen LogP contribution < -0.4 is 15.5 Å². The van der Waals surface area contributed by atoms with Crippen LogP contribution in [0.2, 0.25) is 5.02 Å². The van der Waals surface area contributed by atoms with Crippen LogP contribution in [0.5, 0.6) is 5.75 Å². The Kier molecular flexibility index (Phi) is 9.02. The van der Waals surface area contributed by atoms with Crippen molar-refractivity contribution in [2.24, 2.45) is 7.05 Å². The number of nitrogens with zero attached hydrogens (tertiary/aromatic N) is 4. The summed E-state index contributed by atoms with van der Waals surface area (Å²) < 4.78 is 34.8. The number of aromatic nitrogens is 2. The van der Waals surface area contributed by atoms with Gasteiger partial charge in [0.25, 0.3) is 17.7 Å². The highest BCUT2D eigenvalue weighted by atomic mass is 35.5. The summed E-state index contributed by atoms with van der Waals surface area (Å²) in [5.74, 6) is -4.14. The second kappa shape index (κ2) is 12.0. The Balaban J connectivity index is 1.77. The van der Waals surface area contributed by atoms with Crippen LogP contribution in [-0.2, 0) is 11.8 Å². The van der Waals surface area contributed by atoms with Gasteiger partial charge in [-0.1, -0.05) is 11.6 Å². The quantitative estimate of drug-likeness (QED) is 0.418. The lowest BCUT2D eigenvalue weighted by atomic mass is 10.1. The Labute approximate surface area is 223 Å². The molecule has 0 fully saturated rings. The fourth-order valence-corrected chi connectivity index (χ4v) is 3.86. The van der Waals surface area contributed by atoms with E-state index in [1.165, 1.54) is 55.3 Å². The van der Waals surface area contributed by atoms with Crippen molar-refractivity contribution >= 4 is 35.0 Å². The Morgan fingerprint density at radius 3 is 2.45 bits per heavy atom. The van der Waals surface area contributed by atoms with Crippen LogP contribution in [0, 0.1) is 11.6 Å². The average molecular weight is 549 g/mol. The van der Waals surface area contributed by atoms with E-state index in [2.05, 4.69) is 15.7 Å². The number of rotatable bonds is 8. The number of hydrazine groups is 1. The Hall–Kier alpha value is -4.03. The maximum Gasteiger partial charge on any atom is 0.291 e. The highest BCUT2D eigenvalue weighted by Crippen LogP contribution is 2.30. The fraction of sp³-hybridized carbons (Fsp3) is 0.280. The number of hydrogen-bond donors (Lipinski definition) is 2. The standard InChI is InChI=1S/C25H27ClF2N6O4/c1-6-34(31-20(35)13-32(2)3)25(37)15-8-7-14(11-17(15)26)30-24(36)23-29-12-18(33(23)4)16-9-10-19(38-5)22(28)21(16)27/h7-12H,6,13H2,1-5H3,(H,30,36)(H,31,35). The normalized spacial score (nSPS) is 10.9. The zero-order chi connectivity index (χ0) is 28.1. The van der Waals surface area contributed by atoms with Gasteiger partial charge in [0.2, 0.25) is 5.82 Å². The lowest BCUT2D eigenvalue weighted by Crippen LogP contribution is -2.48. The summed E-state index contributed by atoms with van der Waals surface area (Å²) >= 11 is 6.32. The number of carbonyl (C=O) groups excluding carboxylic acids is 3. The third kappa shape index (κ3) is 6.09. The van der Waals surface area contributed by atoms with Crippen LogP contribution >= 0.6 is 11.6 Å². The van der Waals surface area contributed by atoms with Gasteiger partial charge < -0.3 is 19.5 Å². The van der Waals surface area contributed by atoms with E-state index < -0.39 is 23.4 Å². The number of anilines is 1. The lowest BCUT2D eigenvalue weighted by Gasteiger charge is -2.23. The summed E-state index contributed by atoms with van der Waals surface area (Å²) in [4.78, 5) is 43.5. The van der Waals surface area contributed by atoms with Gasteiger partial charge in [-0.25, -0.2) is 9.37 Å². The summed E-state index contributed by atoms with van der Waals surface area (Å²) in [5.41, 5.74) is 2.99. The Morgan fingerprint density at radius 2 is 1.84 bits per heavy atom. The highest BCUT2D eigenvalue weighted by molar-refractivity contribution is 6.34. The second-order valence-corrected chi connectivity index (χ2v) is 8.85. The molecule has 0 radical (unpaired) electrons. The minimum absolute atomic E-state index is 0.0458. The molecule has 0 aliphatic heterocycles. The molecule has 38 heavy (non-hydrogen) atoms. The molecule has 1 heterocycles. The minimum atomic E-state index is -1.15. The maximum atomic E-state index is 14.6. The van der Waals surface area contributed by atoms with Gasteiger partial charge in [-0.2, -0.15) is 4.39 Å². The largest absolute Gasteiger partial charge is 0.494 e. The summed E-state index contributed by atoms with van der Waals surface area (Å²) in [7, 11) is 6.16. The molecule has 0 bridgehead atoms. The highest BCUT2D eigenvalue weighted by Gasteiger charge is 2.23. The number of halogens is 3. The number of benzene rings is 2. The maximum absolute atomic E-state index is 14.6. The van der Waals surface area contributed by atoms with Crippen molar-refractivity contribution in [3.63, 3.8) is 0 Å². The van der Waals surface area contributed by atoms with Gasteiger partial charge in [0.15, 0.2) is 17.4 Å². The number of amides is 3. The van der Waals surface area contributed by atoms with E-state index in [1.807, 2.05) is 0 Å². The summed E-state index contributed by atoms with van der Waals surface area (Å²) in [6.45, 7) is 1.99. The molecule has 3 rings (SSSR count).